The fraction of sp³-hybridized carbons (Fsp3) is 0.727. The Morgan fingerprint density at radius 2 is 2.00 bits per heavy atom. The Morgan fingerprint density at radius 1 is 1.27 bits per heavy atom. The zero-order valence-corrected chi connectivity index (χ0v) is 9.19. The lowest BCUT2D eigenvalue weighted by atomic mass is 9.80. The Bertz CT molecular complexity index is 318. The first-order chi connectivity index (χ1) is 7.29. The summed E-state index contributed by atoms with van der Waals surface area (Å²) < 4.78 is 0. The average molecular weight is 206 g/mol. The van der Waals surface area contributed by atoms with Gasteiger partial charge in [-0.25, -0.2) is 9.97 Å². The van der Waals surface area contributed by atoms with E-state index in [9.17, 15) is 0 Å². The number of aromatic nitrogens is 3. The van der Waals surface area contributed by atoms with Gasteiger partial charge < -0.3 is 5.73 Å². The summed E-state index contributed by atoms with van der Waals surface area (Å²) >= 11 is 0. The van der Waals surface area contributed by atoms with Gasteiger partial charge in [0.25, 0.3) is 0 Å². The van der Waals surface area contributed by atoms with Crippen LogP contribution in [0.5, 0.6) is 0 Å². The van der Waals surface area contributed by atoms with Crippen LogP contribution in [0.25, 0.3) is 0 Å². The lowest BCUT2D eigenvalue weighted by Gasteiger charge is -2.26. The second-order valence-corrected chi connectivity index (χ2v) is 4.33. The van der Waals surface area contributed by atoms with E-state index >= 15 is 0 Å². The van der Waals surface area contributed by atoms with Crippen LogP contribution in [-0.2, 0) is 0 Å². The van der Waals surface area contributed by atoms with Crippen molar-refractivity contribution >= 4 is 5.95 Å². The Morgan fingerprint density at radius 3 is 2.60 bits per heavy atom. The van der Waals surface area contributed by atoms with Crippen molar-refractivity contribution < 1.29 is 0 Å². The monoisotopic (exact) mass is 206 g/mol. The molecule has 0 bridgehead atoms. The number of nitrogens with zero attached hydrogens (tertiary/aromatic N) is 3. The topological polar surface area (TPSA) is 64.7 Å². The van der Waals surface area contributed by atoms with Crippen LogP contribution >= 0.6 is 0 Å². The van der Waals surface area contributed by atoms with Crippen LogP contribution in [0.2, 0.25) is 0 Å². The second-order valence-electron chi connectivity index (χ2n) is 4.33. The maximum Gasteiger partial charge on any atom is 0.223 e. The van der Waals surface area contributed by atoms with E-state index in [4.69, 9.17) is 5.73 Å². The van der Waals surface area contributed by atoms with Gasteiger partial charge in [-0.15, -0.1) is 0 Å². The van der Waals surface area contributed by atoms with Crippen molar-refractivity contribution in [1.29, 1.82) is 0 Å². The summed E-state index contributed by atoms with van der Waals surface area (Å²) in [6, 6.07) is 0. The van der Waals surface area contributed by atoms with Crippen LogP contribution in [0.15, 0.2) is 6.33 Å². The third-order valence-electron chi connectivity index (χ3n) is 3.40. The number of anilines is 1. The highest BCUT2D eigenvalue weighted by molar-refractivity contribution is 5.14. The first-order valence-corrected chi connectivity index (χ1v) is 5.74. The molecule has 0 aliphatic heterocycles. The van der Waals surface area contributed by atoms with Gasteiger partial charge in [-0.2, -0.15) is 4.98 Å². The molecule has 1 heterocycles. The fourth-order valence-electron chi connectivity index (χ4n) is 2.35. The maximum absolute atomic E-state index is 5.56. The Kier molecular flexibility index (Phi) is 3.14. The van der Waals surface area contributed by atoms with Gasteiger partial charge in [0.15, 0.2) is 0 Å². The highest BCUT2D eigenvalue weighted by Crippen LogP contribution is 2.35. The minimum Gasteiger partial charge on any atom is -0.368 e. The van der Waals surface area contributed by atoms with E-state index in [1.807, 2.05) is 0 Å². The smallest absolute Gasteiger partial charge is 0.223 e. The first-order valence-electron chi connectivity index (χ1n) is 5.74. The number of nitrogens with two attached hydrogens (primary N) is 1. The third-order valence-corrected chi connectivity index (χ3v) is 3.40. The van der Waals surface area contributed by atoms with E-state index in [0.717, 1.165) is 11.7 Å². The van der Waals surface area contributed by atoms with E-state index < -0.39 is 0 Å². The van der Waals surface area contributed by atoms with Gasteiger partial charge >= 0.3 is 0 Å². The SMILES string of the molecule is CCC1CCC(c2ncnc(N)n2)CC1. The maximum atomic E-state index is 5.56. The zero-order valence-electron chi connectivity index (χ0n) is 9.19. The van der Waals surface area contributed by atoms with Gasteiger partial charge in [0, 0.05) is 5.92 Å². The van der Waals surface area contributed by atoms with Crippen LogP contribution in [0.1, 0.15) is 50.8 Å². The molecular formula is C11H18N4. The molecule has 0 amide bonds. The molecule has 0 unspecified atom stereocenters. The predicted molar refractivity (Wildman–Crippen MR) is 59.2 cm³/mol. The summed E-state index contributed by atoms with van der Waals surface area (Å²) in [4.78, 5) is 12.2. The van der Waals surface area contributed by atoms with Crippen LogP contribution in [0.3, 0.4) is 0 Å². The van der Waals surface area contributed by atoms with Crippen molar-refractivity contribution in [3.63, 3.8) is 0 Å². The van der Waals surface area contributed by atoms with Crippen molar-refractivity contribution in [3.05, 3.63) is 12.2 Å². The molecule has 0 radical (unpaired) electrons. The number of hydrogen-bond donors (Lipinski definition) is 1. The molecule has 2 N–H and O–H groups in total. The summed E-state index contributed by atoms with van der Waals surface area (Å²) in [6.07, 6.45) is 7.80. The Balaban J connectivity index is 2.01. The molecule has 0 spiro atoms. The minimum absolute atomic E-state index is 0.345. The van der Waals surface area contributed by atoms with Gasteiger partial charge in [0.05, 0.1) is 0 Å². The van der Waals surface area contributed by atoms with Crippen LogP contribution in [0.4, 0.5) is 5.95 Å². The van der Waals surface area contributed by atoms with Crippen LogP contribution < -0.4 is 5.73 Å². The van der Waals surface area contributed by atoms with E-state index in [-0.39, 0.29) is 0 Å². The van der Waals surface area contributed by atoms with Gasteiger partial charge in [-0.3, -0.25) is 0 Å². The van der Waals surface area contributed by atoms with Gasteiger partial charge in [-0.1, -0.05) is 13.3 Å². The first kappa shape index (κ1) is 10.3. The molecule has 1 aromatic rings. The highest BCUT2D eigenvalue weighted by Gasteiger charge is 2.23. The largest absolute Gasteiger partial charge is 0.368 e. The van der Waals surface area contributed by atoms with Gasteiger partial charge in [0.2, 0.25) is 5.95 Å². The van der Waals surface area contributed by atoms with E-state index in [1.165, 1.54) is 38.4 Å². The minimum atomic E-state index is 0.345. The lowest BCUT2D eigenvalue weighted by molar-refractivity contribution is 0.312. The highest BCUT2D eigenvalue weighted by atomic mass is 15.1. The zero-order chi connectivity index (χ0) is 10.7. The number of nitrogen functional groups attached to an aromatic ring is 1. The molecule has 15 heavy (non-hydrogen) atoms. The van der Waals surface area contributed by atoms with Crippen LogP contribution in [0, 0.1) is 5.92 Å². The summed E-state index contributed by atoms with van der Waals surface area (Å²) in [6.45, 7) is 2.27. The normalized spacial score (nSPS) is 26.5. The summed E-state index contributed by atoms with van der Waals surface area (Å²) in [5.74, 6) is 2.63. The molecule has 1 aromatic heterocycles. The molecule has 1 aliphatic rings. The molecule has 0 aromatic carbocycles. The second kappa shape index (κ2) is 4.55. The summed E-state index contributed by atoms with van der Waals surface area (Å²) in [5, 5.41) is 0. The third kappa shape index (κ3) is 2.43. The fourth-order valence-corrected chi connectivity index (χ4v) is 2.35. The Hall–Kier alpha value is -1.19. The van der Waals surface area contributed by atoms with Crippen molar-refractivity contribution in [2.75, 3.05) is 5.73 Å². The summed E-state index contributed by atoms with van der Waals surface area (Å²) in [5.41, 5.74) is 5.56. The van der Waals surface area contributed by atoms with E-state index in [0.29, 0.717) is 11.9 Å². The van der Waals surface area contributed by atoms with Crippen molar-refractivity contribution in [1.82, 2.24) is 15.0 Å². The summed E-state index contributed by atoms with van der Waals surface area (Å²) in [7, 11) is 0. The average Bonchev–Trinajstić information content (AvgIpc) is 2.29. The number of rotatable bonds is 2. The molecule has 4 heteroatoms. The predicted octanol–water partition coefficient (Wildman–Crippen LogP) is 2.14. The molecule has 82 valence electrons. The van der Waals surface area contributed by atoms with Crippen molar-refractivity contribution in [3.8, 4) is 0 Å². The van der Waals surface area contributed by atoms with Crippen molar-refractivity contribution in [2.24, 2.45) is 5.92 Å². The van der Waals surface area contributed by atoms with Gasteiger partial charge in [0.1, 0.15) is 12.2 Å². The molecule has 0 saturated heterocycles. The Labute approximate surface area is 90.3 Å². The lowest BCUT2D eigenvalue weighted by Crippen LogP contribution is -2.15. The van der Waals surface area contributed by atoms with Gasteiger partial charge in [-0.05, 0) is 31.6 Å². The molecule has 1 saturated carbocycles. The molecule has 4 nitrogen and oxygen atoms in total. The molecular weight excluding hydrogens is 188 g/mol. The molecule has 1 aliphatic carbocycles. The molecule has 2 rings (SSSR count). The molecule has 0 atom stereocenters. The number of hydrogen-bond acceptors (Lipinski definition) is 4. The quantitative estimate of drug-likeness (QED) is 0.805. The molecule has 1 fully saturated rings. The standard InChI is InChI=1S/C11H18N4/c1-2-8-3-5-9(6-4-8)10-13-7-14-11(12)15-10/h7-9H,2-6H2,1H3,(H2,12,13,14,15). The van der Waals surface area contributed by atoms with E-state index in [1.54, 1.807) is 0 Å². The van der Waals surface area contributed by atoms with Crippen molar-refractivity contribution in [2.45, 2.75) is 44.9 Å². The van der Waals surface area contributed by atoms with Crippen LogP contribution in [-0.4, -0.2) is 15.0 Å². The van der Waals surface area contributed by atoms with E-state index in [2.05, 4.69) is 21.9 Å².